The maximum atomic E-state index is 13.3. The van der Waals surface area contributed by atoms with Crippen LogP contribution in [0.5, 0.6) is 0 Å². The topological polar surface area (TPSA) is 26.0 Å². The summed E-state index contributed by atoms with van der Waals surface area (Å²) in [5.41, 5.74) is 9.39. The summed E-state index contributed by atoms with van der Waals surface area (Å²) in [5.74, 6) is 0.116. The summed E-state index contributed by atoms with van der Waals surface area (Å²) in [6.07, 6.45) is 1.70. The molecule has 1 unspecified atom stereocenters. The number of aryl methyl sites for hydroxylation is 1. The van der Waals surface area contributed by atoms with Gasteiger partial charge in [-0.05, 0) is 61.6 Å². The molecule has 2 aromatic rings. The molecule has 0 radical (unpaired) electrons. The maximum Gasteiger partial charge on any atom is 0.123 e. The number of nitrogens with two attached hydrogens (primary N) is 1. The fraction of sp³-hybridized carbons (Fsp3) is 0.294. The molecule has 0 bridgehead atoms. The molecule has 0 heterocycles. The highest BCUT2D eigenvalue weighted by atomic mass is 79.9. The first kappa shape index (κ1) is 15.2. The highest BCUT2D eigenvalue weighted by Gasteiger charge is 2.12. The van der Waals surface area contributed by atoms with Gasteiger partial charge >= 0.3 is 0 Å². The van der Waals surface area contributed by atoms with Crippen LogP contribution in [0.25, 0.3) is 0 Å². The van der Waals surface area contributed by atoms with Gasteiger partial charge in [-0.2, -0.15) is 0 Å². The van der Waals surface area contributed by atoms with Crippen molar-refractivity contribution in [1.82, 2.24) is 0 Å². The van der Waals surface area contributed by atoms with E-state index in [0.29, 0.717) is 12.5 Å². The first-order valence-corrected chi connectivity index (χ1v) is 7.57. The Kier molecular flexibility index (Phi) is 5.32. The van der Waals surface area contributed by atoms with Gasteiger partial charge in [0.25, 0.3) is 0 Å². The molecule has 20 heavy (non-hydrogen) atoms. The predicted octanol–water partition coefficient (Wildman–Crippen LogP) is 4.26. The van der Waals surface area contributed by atoms with E-state index in [9.17, 15) is 4.39 Å². The Morgan fingerprint density at radius 1 is 1.10 bits per heavy atom. The highest BCUT2D eigenvalue weighted by Crippen LogP contribution is 2.22. The molecule has 0 spiro atoms. The molecule has 0 amide bonds. The van der Waals surface area contributed by atoms with Gasteiger partial charge in [-0.25, -0.2) is 4.39 Å². The minimum absolute atomic E-state index is 0.200. The van der Waals surface area contributed by atoms with E-state index in [0.717, 1.165) is 22.9 Å². The van der Waals surface area contributed by atoms with Gasteiger partial charge in [0.2, 0.25) is 0 Å². The third kappa shape index (κ3) is 4.15. The van der Waals surface area contributed by atoms with Crippen LogP contribution in [0.2, 0.25) is 0 Å². The quantitative estimate of drug-likeness (QED) is 0.868. The summed E-state index contributed by atoms with van der Waals surface area (Å²) >= 11 is 3.48. The van der Waals surface area contributed by atoms with Crippen molar-refractivity contribution >= 4 is 15.9 Å². The van der Waals surface area contributed by atoms with E-state index in [4.69, 9.17) is 5.73 Å². The van der Waals surface area contributed by atoms with E-state index in [1.807, 2.05) is 0 Å². The van der Waals surface area contributed by atoms with E-state index in [2.05, 4.69) is 47.1 Å². The predicted molar refractivity (Wildman–Crippen MR) is 85.2 cm³/mol. The Labute approximate surface area is 128 Å². The highest BCUT2D eigenvalue weighted by molar-refractivity contribution is 9.10. The molecule has 1 nitrogen and oxygen atoms in total. The molecular formula is C17H19BrFN. The lowest BCUT2D eigenvalue weighted by Gasteiger charge is -2.16. The summed E-state index contributed by atoms with van der Waals surface area (Å²) in [6, 6.07) is 13.3. The molecule has 2 aromatic carbocycles. The summed E-state index contributed by atoms with van der Waals surface area (Å²) in [6.45, 7) is 2.67. The summed E-state index contributed by atoms with van der Waals surface area (Å²) in [5, 5.41) is 0. The molecule has 0 saturated carbocycles. The van der Waals surface area contributed by atoms with E-state index in [1.54, 1.807) is 12.1 Å². The van der Waals surface area contributed by atoms with Crippen molar-refractivity contribution in [3.05, 3.63) is 69.4 Å². The molecule has 0 fully saturated rings. The Hall–Kier alpha value is -1.19. The molecule has 0 aliphatic carbocycles. The van der Waals surface area contributed by atoms with E-state index >= 15 is 0 Å². The minimum atomic E-state index is -0.200. The summed E-state index contributed by atoms with van der Waals surface area (Å²) in [4.78, 5) is 0. The molecule has 0 aliphatic heterocycles. The standard InChI is InChI=1S/C17H19BrFN/c1-12-2-4-13(5-3-12)8-14(11-20)9-15-10-16(19)6-7-17(15)18/h2-7,10,14H,8-9,11,20H2,1H3. The number of rotatable bonds is 5. The van der Waals surface area contributed by atoms with Crippen molar-refractivity contribution in [2.75, 3.05) is 6.54 Å². The zero-order valence-corrected chi connectivity index (χ0v) is 13.2. The molecule has 0 saturated heterocycles. The molecule has 0 aromatic heterocycles. The van der Waals surface area contributed by atoms with Crippen molar-refractivity contribution in [3.63, 3.8) is 0 Å². The van der Waals surface area contributed by atoms with Crippen LogP contribution in [0.4, 0.5) is 4.39 Å². The van der Waals surface area contributed by atoms with Gasteiger partial charge in [-0.3, -0.25) is 0 Å². The largest absolute Gasteiger partial charge is 0.330 e. The normalized spacial score (nSPS) is 12.4. The minimum Gasteiger partial charge on any atom is -0.330 e. The van der Waals surface area contributed by atoms with E-state index in [1.165, 1.54) is 17.2 Å². The van der Waals surface area contributed by atoms with Gasteiger partial charge in [0.15, 0.2) is 0 Å². The van der Waals surface area contributed by atoms with Crippen molar-refractivity contribution in [2.24, 2.45) is 11.7 Å². The molecular weight excluding hydrogens is 317 g/mol. The lowest BCUT2D eigenvalue weighted by atomic mass is 9.92. The van der Waals surface area contributed by atoms with Crippen LogP contribution in [0.15, 0.2) is 46.9 Å². The first-order chi connectivity index (χ1) is 9.58. The van der Waals surface area contributed by atoms with Crippen LogP contribution in [0, 0.1) is 18.7 Å². The van der Waals surface area contributed by atoms with Crippen LogP contribution in [-0.2, 0) is 12.8 Å². The Morgan fingerprint density at radius 3 is 2.45 bits per heavy atom. The summed E-state index contributed by atoms with van der Waals surface area (Å²) < 4.78 is 14.3. The van der Waals surface area contributed by atoms with Crippen molar-refractivity contribution < 1.29 is 4.39 Å². The Bertz CT molecular complexity index is 566. The zero-order valence-electron chi connectivity index (χ0n) is 11.6. The van der Waals surface area contributed by atoms with Crippen LogP contribution < -0.4 is 5.73 Å². The van der Waals surface area contributed by atoms with Crippen molar-refractivity contribution in [2.45, 2.75) is 19.8 Å². The van der Waals surface area contributed by atoms with E-state index in [-0.39, 0.29) is 5.82 Å². The Morgan fingerprint density at radius 2 is 1.80 bits per heavy atom. The van der Waals surface area contributed by atoms with Crippen LogP contribution >= 0.6 is 15.9 Å². The zero-order chi connectivity index (χ0) is 14.5. The molecule has 3 heteroatoms. The molecule has 2 rings (SSSR count). The second-order valence-electron chi connectivity index (χ2n) is 5.23. The molecule has 106 valence electrons. The van der Waals surface area contributed by atoms with Crippen molar-refractivity contribution in [3.8, 4) is 0 Å². The lowest BCUT2D eigenvalue weighted by molar-refractivity contribution is 0.529. The van der Waals surface area contributed by atoms with Crippen LogP contribution in [0.3, 0.4) is 0 Å². The number of halogens is 2. The van der Waals surface area contributed by atoms with Gasteiger partial charge in [0.05, 0.1) is 0 Å². The fourth-order valence-electron chi connectivity index (χ4n) is 2.31. The SMILES string of the molecule is Cc1ccc(CC(CN)Cc2cc(F)ccc2Br)cc1. The average Bonchev–Trinajstić information content (AvgIpc) is 2.44. The second kappa shape index (κ2) is 7.00. The lowest BCUT2D eigenvalue weighted by Crippen LogP contribution is -2.19. The number of hydrogen-bond acceptors (Lipinski definition) is 1. The average molecular weight is 336 g/mol. The van der Waals surface area contributed by atoms with Gasteiger partial charge in [-0.15, -0.1) is 0 Å². The Balaban J connectivity index is 2.08. The maximum absolute atomic E-state index is 13.3. The third-order valence-corrected chi connectivity index (χ3v) is 4.27. The third-order valence-electron chi connectivity index (χ3n) is 3.49. The second-order valence-corrected chi connectivity index (χ2v) is 6.09. The van der Waals surface area contributed by atoms with Gasteiger partial charge in [0, 0.05) is 4.47 Å². The molecule has 2 N–H and O–H groups in total. The number of benzene rings is 2. The molecule has 0 aliphatic rings. The van der Waals surface area contributed by atoms with Gasteiger partial charge < -0.3 is 5.73 Å². The molecule has 1 atom stereocenters. The fourth-order valence-corrected chi connectivity index (χ4v) is 2.72. The van der Waals surface area contributed by atoms with E-state index < -0.39 is 0 Å². The van der Waals surface area contributed by atoms with Gasteiger partial charge in [-0.1, -0.05) is 45.8 Å². The van der Waals surface area contributed by atoms with Crippen LogP contribution in [0.1, 0.15) is 16.7 Å². The smallest absolute Gasteiger partial charge is 0.123 e. The summed E-state index contributed by atoms with van der Waals surface area (Å²) in [7, 11) is 0. The number of hydrogen-bond donors (Lipinski definition) is 1. The monoisotopic (exact) mass is 335 g/mol. The van der Waals surface area contributed by atoms with Crippen molar-refractivity contribution in [1.29, 1.82) is 0 Å². The van der Waals surface area contributed by atoms with Gasteiger partial charge in [0.1, 0.15) is 5.82 Å². The first-order valence-electron chi connectivity index (χ1n) is 6.78. The van der Waals surface area contributed by atoms with Crippen LogP contribution in [-0.4, -0.2) is 6.54 Å².